The van der Waals surface area contributed by atoms with Crippen molar-refractivity contribution >= 4 is 55.0 Å². The van der Waals surface area contributed by atoms with E-state index in [9.17, 15) is 5.26 Å². The fourth-order valence-corrected chi connectivity index (χ4v) is 5.31. The number of hydrogen-bond donors (Lipinski definition) is 0. The van der Waals surface area contributed by atoms with Gasteiger partial charge in [0.15, 0.2) is 0 Å². The third-order valence-corrected chi connectivity index (χ3v) is 6.82. The van der Waals surface area contributed by atoms with Crippen molar-refractivity contribution < 1.29 is 0 Å². The summed E-state index contributed by atoms with van der Waals surface area (Å²) in [6.45, 7) is 11.9. The van der Waals surface area contributed by atoms with E-state index >= 15 is 0 Å². The van der Waals surface area contributed by atoms with Crippen LogP contribution < -0.4 is 0 Å². The van der Waals surface area contributed by atoms with Gasteiger partial charge in [0, 0.05) is 27.2 Å². The highest BCUT2D eigenvalue weighted by molar-refractivity contribution is 6.19. The number of allylic oxidation sites excluding steroid dienone is 4. The zero-order chi connectivity index (χ0) is 24.8. The van der Waals surface area contributed by atoms with Crippen LogP contribution in [0.1, 0.15) is 19.4 Å². The van der Waals surface area contributed by atoms with E-state index in [-0.39, 0.29) is 0 Å². The molecule has 0 atom stereocenters. The van der Waals surface area contributed by atoms with Crippen molar-refractivity contribution in [3.05, 3.63) is 114 Å². The molecule has 0 aliphatic carbocycles. The van der Waals surface area contributed by atoms with Crippen LogP contribution in [0, 0.1) is 17.9 Å². The topological polar surface area (TPSA) is 38.0 Å². The van der Waals surface area contributed by atoms with Gasteiger partial charge in [0.25, 0.3) is 0 Å². The number of aromatic nitrogens is 2. The molecule has 2 aromatic heterocycles. The maximum absolute atomic E-state index is 9.58. The van der Waals surface area contributed by atoms with Crippen LogP contribution in [0.25, 0.3) is 59.8 Å². The Kier molecular flexibility index (Phi) is 4.95. The summed E-state index contributed by atoms with van der Waals surface area (Å²) >= 11 is 0. The fourth-order valence-electron chi connectivity index (χ4n) is 5.31. The van der Waals surface area contributed by atoms with Gasteiger partial charge in [-0.15, -0.1) is 0 Å². The summed E-state index contributed by atoms with van der Waals surface area (Å²) in [4.78, 5) is 3.79. The first kappa shape index (κ1) is 21.5. The molecule has 0 saturated carbocycles. The maximum atomic E-state index is 9.58. The predicted octanol–water partition coefficient (Wildman–Crippen LogP) is 8.75. The molecule has 0 fully saturated rings. The van der Waals surface area contributed by atoms with E-state index in [1.54, 1.807) is 12.1 Å². The second-order valence-corrected chi connectivity index (χ2v) is 8.73. The highest BCUT2D eigenvalue weighted by Crippen LogP contribution is 2.41. The molecule has 0 spiro atoms. The predicted molar refractivity (Wildman–Crippen MR) is 150 cm³/mol. The Labute approximate surface area is 209 Å². The van der Waals surface area contributed by atoms with Crippen molar-refractivity contribution in [2.45, 2.75) is 13.8 Å². The van der Waals surface area contributed by atoms with Crippen molar-refractivity contribution in [1.82, 2.24) is 9.13 Å². The van der Waals surface area contributed by atoms with Crippen LogP contribution in [-0.2, 0) is 0 Å². The molecule has 0 unspecified atom stereocenters. The van der Waals surface area contributed by atoms with Crippen molar-refractivity contribution in [3.63, 3.8) is 0 Å². The fraction of sp³-hybridized carbons (Fsp3) is 0.0625. The van der Waals surface area contributed by atoms with Gasteiger partial charge in [0.2, 0.25) is 5.69 Å². The number of nitrogens with zero attached hydrogens (tertiary/aromatic N) is 4. The SMILES string of the molecule is [C-]#[N+]c1ccc(C#N)cc1-n1c2ccccc2c2cc3c(cc21)c1ccccc1n3C(/C=C\C)=C/C. The molecule has 6 rings (SSSR count). The van der Waals surface area contributed by atoms with Gasteiger partial charge < -0.3 is 9.13 Å². The third kappa shape index (κ3) is 2.99. The monoisotopic (exact) mass is 462 g/mol. The average molecular weight is 463 g/mol. The first-order chi connectivity index (χ1) is 17.7. The van der Waals surface area contributed by atoms with Crippen LogP contribution >= 0.6 is 0 Å². The molecule has 4 aromatic carbocycles. The molecule has 170 valence electrons. The van der Waals surface area contributed by atoms with Crippen LogP contribution in [0.2, 0.25) is 0 Å². The molecule has 0 aliphatic rings. The van der Waals surface area contributed by atoms with Gasteiger partial charge in [-0.3, -0.25) is 0 Å². The summed E-state index contributed by atoms with van der Waals surface area (Å²) < 4.78 is 4.45. The first-order valence-corrected chi connectivity index (χ1v) is 11.9. The minimum absolute atomic E-state index is 0.517. The van der Waals surface area contributed by atoms with Crippen LogP contribution in [0.5, 0.6) is 0 Å². The Morgan fingerprint density at radius 3 is 2.17 bits per heavy atom. The second kappa shape index (κ2) is 8.31. The lowest BCUT2D eigenvalue weighted by molar-refractivity contribution is 1.18. The molecule has 0 aliphatic heterocycles. The summed E-state index contributed by atoms with van der Waals surface area (Å²) in [5.74, 6) is 0. The molecule has 0 bridgehead atoms. The maximum Gasteiger partial charge on any atom is 0.210 e. The number of rotatable bonds is 3. The number of nitriles is 1. The van der Waals surface area contributed by atoms with Crippen LogP contribution in [0.4, 0.5) is 5.69 Å². The van der Waals surface area contributed by atoms with Crippen molar-refractivity contribution in [2.24, 2.45) is 0 Å². The number of fused-ring (bicyclic) bond motifs is 6. The normalized spacial score (nSPS) is 12.2. The highest BCUT2D eigenvalue weighted by Gasteiger charge is 2.19. The van der Waals surface area contributed by atoms with Crippen molar-refractivity contribution in [3.8, 4) is 11.8 Å². The molecule has 0 amide bonds. The zero-order valence-corrected chi connectivity index (χ0v) is 20.0. The molecule has 2 heterocycles. The summed E-state index contributed by atoms with van der Waals surface area (Å²) in [5, 5.41) is 14.1. The van der Waals surface area contributed by atoms with E-state index in [0.29, 0.717) is 11.3 Å². The van der Waals surface area contributed by atoms with Crippen LogP contribution in [-0.4, -0.2) is 9.13 Å². The summed E-state index contributed by atoms with van der Waals surface area (Å²) in [7, 11) is 0. The minimum atomic E-state index is 0.517. The number of benzene rings is 4. The lowest BCUT2D eigenvalue weighted by Gasteiger charge is -2.11. The largest absolute Gasteiger partial charge is 0.319 e. The van der Waals surface area contributed by atoms with Gasteiger partial charge in [-0.2, -0.15) is 5.26 Å². The lowest BCUT2D eigenvalue weighted by atomic mass is 10.1. The quantitative estimate of drug-likeness (QED) is 0.191. The Bertz CT molecular complexity index is 1980. The van der Waals surface area contributed by atoms with E-state index in [2.05, 4.69) is 93.7 Å². The van der Waals surface area contributed by atoms with Gasteiger partial charge >= 0.3 is 0 Å². The number of hydrogen-bond acceptors (Lipinski definition) is 1. The number of para-hydroxylation sites is 2. The van der Waals surface area contributed by atoms with E-state index in [4.69, 9.17) is 6.57 Å². The lowest BCUT2D eigenvalue weighted by Crippen LogP contribution is -1.96. The molecule has 0 N–H and O–H groups in total. The molecule has 4 nitrogen and oxygen atoms in total. The Morgan fingerprint density at radius 2 is 1.47 bits per heavy atom. The van der Waals surface area contributed by atoms with Gasteiger partial charge in [0.1, 0.15) is 0 Å². The average Bonchev–Trinajstić information content (AvgIpc) is 3.42. The molecule has 6 aromatic rings. The molecule has 0 saturated heterocycles. The smallest absolute Gasteiger partial charge is 0.210 e. The summed E-state index contributed by atoms with van der Waals surface area (Å²) in [5.41, 5.74) is 7.19. The Hall–Kier alpha value is -5.06. The van der Waals surface area contributed by atoms with Gasteiger partial charge in [0.05, 0.1) is 46.0 Å². The minimum Gasteiger partial charge on any atom is -0.319 e. The second-order valence-electron chi connectivity index (χ2n) is 8.73. The van der Waals surface area contributed by atoms with Gasteiger partial charge in [-0.25, -0.2) is 4.85 Å². The van der Waals surface area contributed by atoms with Crippen LogP contribution in [0.15, 0.2) is 97.1 Å². The summed E-state index contributed by atoms with van der Waals surface area (Å²) in [6, 6.07) is 28.7. The Balaban J connectivity index is 1.84. The molecule has 0 radical (unpaired) electrons. The molecule has 4 heteroatoms. The van der Waals surface area contributed by atoms with Gasteiger partial charge in [-0.05, 0) is 50.3 Å². The first-order valence-electron chi connectivity index (χ1n) is 11.9. The van der Waals surface area contributed by atoms with E-state index < -0.39 is 0 Å². The van der Waals surface area contributed by atoms with E-state index in [1.165, 1.54) is 5.39 Å². The third-order valence-electron chi connectivity index (χ3n) is 6.82. The molecular weight excluding hydrogens is 440 g/mol. The standard InChI is InChI=1S/C32H22N4/c1-4-10-22(5-2)35-28-13-8-6-11-23(28)25-19-31-26(18-30(25)35)24-12-7-9-14-29(24)36(31)32-17-21(20-33)15-16-27(32)34-3/h4-19H,1-2H3/b10-4-,22-5+. The van der Waals surface area contributed by atoms with Crippen molar-refractivity contribution in [2.75, 3.05) is 0 Å². The van der Waals surface area contributed by atoms with Gasteiger partial charge in [-0.1, -0.05) is 60.7 Å². The van der Waals surface area contributed by atoms with Crippen LogP contribution in [0.3, 0.4) is 0 Å². The summed E-state index contributed by atoms with van der Waals surface area (Å²) in [6.07, 6.45) is 6.33. The zero-order valence-electron chi connectivity index (χ0n) is 20.0. The molecular formula is C32H22N4. The van der Waals surface area contributed by atoms with E-state index in [0.717, 1.165) is 49.6 Å². The Morgan fingerprint density at radius 1 is 0.806 bits per heavy atom. The highest BCUT2D eigenvalue weighted by atomic mass is 15.0. The molecule has 36 heavy (non-hydrogen) atoms. The van der Waals surface area contributed by atoms with E-state index in [1.807, 2.05) is 25.1 Å². The van der Waals surface area contributed by atoms with Crippen molar-refractivity contribution in [1.29, 1.82) is 5.26 Å².